The van der Waals surface area contributed by atoms with Crippen molar-refractivity contribution in [3.63, 3.8) is 0 Å². The quantitative estimate of drug-likeness (QED) is 0.605. The van der Waals surface area contributed by atoms with Crippen molar-refractivity contribution in [2.45, 2.75) is 37.5 Å². The summed E-state index contributed by atoms with van der Waals surface area (Å²) in [6.45, 7) is 6.58. The Morgan fingerprint density at radius 1 is 1.17 bits per heavy atom. The minimum Gasteiger partial charge on any atom is -0.193 e. The van der Waals surface area contributed by atoms with E-state index in [9.17, 15) is 0 Å². The lowest BCUT2D eigenvalue weighted by molar-refractivity contribution is 0.528. The molecule has 0 unspecified atom stereocenters. The first kappa shape index (κ1) is 16.6. The van der Waals surface area contributed by atoms with Crippen LogP contribution in [0.1, 0.15) is 43.9 Å². The zero-order chi connectivity index (χ0) is 17.2. The van der Waals surface area contributed by atoms with Crippen LogP contribution in [-0.2, 0) is 5.41 Å². The van der Waals surface area contributed by atoms with Crippen LogP contribution in [0.3, 0.4) is 0 Å². The van der Waals surface area contributed by atoms with Crippen LogP contribution in [0.25, 0.3) is 10.5 Å². The summed E-state index contributed by atoms with van der Waals surface area (Å²) in [5, 5.41) is 8.92. The van der Waals surface area contributed by atoms with Gasteiger partial charge in [0.2, 0.25) is 0 Å². The summed E-state index contributed by atoms with van der Waals surface area (Å²) in [6.07, 6.45) is 5.01. The summed E-state index contributed by atoms with van der Waals surface area (Å²) in [4.78, 5) is 2.56. The molecule has 0 bridgehead atoms. The van der Waals surface area contributed by atoms with E-state index < -0.39 is 0 Å². The predicted octanol–water partition coefficient (Wildman–Crippen LogP) is 6.43. The minimum absolute atomic E-state index is 0.140. The second-order valence-corrected chi connectivity index (χ2v) is 7.90. The van der Waals surface area contributed by atoms with Gasteiger partial charge in [-0.1, -0.05) is 62.0 Å². The number of fused-ring (bicyclic) bond motifs is 1. The maximum Gasteiger partial charge on any atom is 0.0915 e. The van der Waals surface area contributed by atoms with Gasteiger partial charge in [0.25, 0.3) is 0 Å². The summed E-state index contributed by atoms with van der Waals surface area (Å²) in [5.74, 6) is 0. The largest absolute Gasteiger partial charge is 0.193 e. The summed E-state index contributed by atoms with van der Waals surface area (Å²) >= 11 is 1.82. The third kappa shape index (κ3) is 3.32. The molecule has 0 atom stereocenters. The van der Waals surface area contributed by atoms with E-state index in [2.05, 4.69) is 68.5 Å². The first-order valence-electron chi connectivity index (χ1n) is 8.16. The van der Waals surface area contributed by atoms with E-state index in [1.165, 1.54) is 20.9 Å². The second kappa shape index (κ2) is 6.71. The van der Waals surface area contributed by atoms with Crippen molar-refractivity contribution < 1.29 is 0 Å². The van der Waals surface area contributed by atoms with E-state index in [-0.39, 0.29) is 5.41 Å². The SMILES string of the molecule is C/C(=C/C#N)c1ccc2c(c1)C(Sc1ccccc1)=CCC2(C)C. The monoisotopic (exact) mass is 331 g/mol. The minimum atomic E-state index is 0.140. The van der Waals surface area contributed by atoms with Gasteiger partial charge in [-0.15, -0.1) is 0 Å². The van der Waals surface area contributed by atoms with Crippen molar-refractivity contribution in [1.29, 1.82) is 5.26 Å². The van der Waals surface area contributed by atoms with Gasteiger partial charge in [0.1, 0.15) is 0 Å². The fraction of sp³-hybridized carbons (Fsp3) is 0.227. The Labute approximate surface area is 148 Å². The highest BCUT2D eigenvalue weighted by Gasteiger charge is 2.28. The van der Waals surface area contributed by atoms with Crippen molar-refractivity contribution in [2.75, 3.05) is 0 Å². The zero-order valence-corrected chi connectivity index (χ0v) is 15.2. The van der Waals surface area contributed by atoms with Crippen LogP contribution in [0.2, 0.25) is 0 Å². The molecule has 1 aliphatic carbocycles. The third-order valence-corrected chi connectivity index (χ3v) is 5.63. The Morgan fingerprint density at radius 3 is 2.62 bits per heavy atom. The molecule has 1 aliphatic rings. The van der Waals surface area contributed by atoms with Gasteiger partial charge in [0, 0.05) is 15.9 Å². The van der Waals surface area contributed by atoms with Crippen molar-refractivity contribution >= 4 is 22.2 Å². The standard InChI is InChI=1S/C22H21NS/c1-16(12-14-23)17-9-10-20-19(15-17)21(11-13-22(20,2)3)24-18-7-5-4-6-8-18/h4-12,15H,13H2,1-3H3/b16-12-. The molecule has 0 N–H and O–H groups in total. The molecule has 2 heteroatoms. The molecule has 120 valence electrons. The Morgan fingerprint density at radius 2 is 1.92 bits per heavy atom. The zero-order valence-electron chi connectivity index (χ0n) is 14.3. The van der Waals surface area contributed by atoms with Crippen molar-refractivity contribution in [3.8, 4) is 6.07 Å². The number of benzene rings is 2. The molecule has 0 saturated carbocycles. The van der Waals surface area contributed by atoms with Gasteiger partial charge in [-0.2, -0.15) is 5.26 Å². The third-order valence-electron chi connectivity index (χ3n) is 4.52. The lowest BCUT2D eigenvalue weighted by Gasteiger charge is -2.32. The fourth-order valence-electron chi connectivity index (χ4n) is 3.04. The van der Waals surface area contributed by atoms with Crippen LogP contribution in [0, 0.1) is 11.3 Å². The highest BCUT2D eigenvalue weighted by Crippen LogP contribution is 2.45. The molecule has 0 aromatic heterocycles. The Kier molecular flexibility index (Phi) is 4.64. The van der Waals surface area contributed by atoms with Crippen LogP contribution in [0.5, 0.6) is 0 Å². The average molecular weight is 331 g/mol. The molecule has 0 spiro atoms. The lowest BCUT2D eigenvalue weighted by atomic mass is 9.75. The van der Waals surface area contributed by atoms with E-state index in [0.717, 1.165) is 17.6 Å². The molecule has 2 aromatic carbocycles. The van der Waals surface area contributed by atoms with E-state index >= 15 is 0 Å². The molecular weight excluding hydrogens is 310 g/mol. The van der Waals surface area contributed by atoms with Gasteiger partial charge < -0.3 is 0 Å². The van der Waals surface area contributed by atoms with Crippen LogP contribution in [-0.4, -0.2) is 0 Å². The van der Waals surface area contributed by atoms with Crippen molar-refractivity contribution in [2.24, 2.45) is 0 Å². The van der Waals surface area contributed by atoms with E-state index in [0.29, 0.717) is 0 Å². The molecule has 2 aromatic rings. The number of rotatable bonds is 3. The Bertz CT molecular complexity index is 851. The first-order valence-corrected chi connectivity index (χ1v) is 8.97. The van der Waals surface area contributed by atoms with Gasteiger partial charge in [-0.25, -0.2) is 0 Å². The predicted molar refractivity (Wildman–Crippen MR) is 104 cm³/mol. The summed E-state index contributed by atoms with van der Waals surface area (Å²) in [6, 6.07) is 19.2. The van der Waals surface area contributed by atoms with E-state index in [1.807, 2.05) is 24.8 Å². The number of hydrogen-bond acceptors (Lipinski definition) is 2. The Balaban J connectivity index is 2.06. The summed E-state index contributed by atoms with van der Waals surface area (Å²) < 4.78 is 0. The molecule has 0 radical (unpaired) electrons. The summed E-state index contributed by atoms with van der Waals surface area (Å²) in [7, 11) is 0. The number of nitriles is 1. The molecular formula is C22H21NS. The van der Waals surface area contributed by atoms with Gasteiger partial charge >= 0.3 is 0 Å². The van der Waals surface area contributed by atoms with Gasteiger partial charge in [0.05, 0.1) is 6.07 Å². The molecule has 0 heterocycles. The molecule has 0 amide bonds. The van der Waals surface area contributed by atoms with Crippen molar-refractivity contribution in [1.82, 2.24) is 0 Å². The molecule has 1 nitrogen and oxygen atoms in total. The molecule has 24 heavy (non-hydrogen) atoms. The average Bonchev–Trinajstić information content (AvgIpc) is 2.58. The topological polar surface area (TPSA) is 23.8 Å². The summed E-state index contributed by atoms with van der Waals surface area (Å²) in [5.41, 5.74) is 4.95. The fourth-order valence-corrected chi connectivity index (χ4v) is 4.04. The molecule has 0 saturated heterocycles. The smallest absolute Gasteiger partial charge is 0.0915 e. The highest BCUT2D eigenvalue weighted by atomic mass is 32.2. The van der Waals surface area contributed by atoms with Crippen LogP contribution >= 0.6 is 11.8 Å². The first-order chi connectivity index (χ1) is 11.5. The normalized spacial score (nSPS) is 16.1. The van der Waals surface area contributed by atoms with Crippen LogP contribution in [0.4, 0.5) is 0 Å². The van der Waals surface area contributed by atoms with Gasteiger partial charge in [0.15, 0.2) is 0 Å². The highest BCUT2D eigenvalue weighted by molar-refractivity contribution is 8.08. The van der Waals surface area contributed by atoms with E-state index in [1.54, 1.807) is 6.08 Å². The second-order valence-electron chi connectivity index (χ2n) is 6.79. The number of allylic oxidation sites excluding steroid dienone is 3. The maximum absolute atomic E-state index is 8.92. The van der Waals surface area contributed by atoms with Gasteiger partial charge in [-0.05, 0) is 59.2 Å². The van der Waals surface area contributed by atoms with Crippen molar-refractivity contribution in [3.05, 3.63) is 77.4 Å². The molecule has 3 rings (SSSR count). The van der Waals surface area contributed by atoms with Gasteiger partial charge in [-0.3, -0.25) is 0 Å². The van der Waals surface area contributed by atoms with Crippen LogP contribution < -0.4 is 0 Å². The molecule has 0 fully saturated rings. The lowest BCUT2D eigenvalue weighted by Crippen LogP contribution is -2.21. The molecule has 0 aliphatic heterocycles. The number of nitrogens with zero attached hydrogens (tertiary/aromatic N) is 1. The van der Waals surface area contributed by atoms with E-state index in [4.69, 9.17) is 5.26 Å². The number of thioether (sulfide) groups is 1. The number of hydrogen-bond donors (Lipinski definition) is 0. The maximum atomic E-state index is 8.92. The van der Waals surface area contributed by atoms with Crippen LogP contribution in [0.15, 0.2) is 65.6 Å². The Hall–Kier alpha value is -2.24.